The van der Waals surface area contributed by atoms with Crippen molar-refractivity contribution < 1.29 is 8.83 Å². The highest BCUT2D eigenvalue weighted by molar-refractivity contribution is 6.11. The van der Waals surface area contributed by atoms with Gasteiger partial charge in [0.25, 0.3) is 0 Å². The molecule has 0 aliphatic heterocycles. The van der Waals surface area contributed by atoms with Gasteiger partial charge in [0.1, 0.15) is 22.3 Å². The van der Waals surface area contributed by atoms with E-state index in [4.69, 9.17) is 23.8 Å². The van der Waals surface area contributed by atoms with Crippen molar-refractivity contribution in [2.75, 3.05) is 0 Å². The Labute approximate surface area is 321 Å². The third kappa shape index (κ3) is 5.35. The van der Waals surface area contributed by atoms with Crippen molar-refractivity contribution in [3.8, 4) is 67.7 Å². The van der Waals surface area contributed by atoms with Gasteiger partial charge in [-0.3, -0.25) is 4.98 Å². The molecule has 0 spiro atoms. The predicted molar refractivity (Wildman–Crippen MR) is 225 cm³/mol. The molecule has 56 heavy (non-hydrogen) atoms. The van der Waals surface area contributed by atoms with E-state index in [0.29, 0.717) is 17.5 Å². The zero-order chi connectivity index (χ0) is 37.0. The van der Waals surface area contributed by atoms with Gasteiger partial charge in [0, 0.05) is 61.1 Å². The van der Waals surface area contributed by atoms with Crippen molar-refractivity contribution in [3.05, 3.63) is 182 Å². The van der Waals surface area contributed by atoms with E-state index < -0.39 is 0 Å². The lowest BCUT2D eigenvalue weighted by molar-refractivity contribution is 0.670. The third-order valence-corrected chi connectivity index (χ3v) is 10.4. The lowest BCUT2D eigenvalue weighted by Gasteiger charge is -2.14. The minimum atomic E-state index is 0.543. The molecule has 4 aromatic heterocycles. The zero-order valence-corrected chi connectivity index (χ0v) is 29.9. The predicted octanol–water partition coefficient (Wildman–Crippen LogP) is 13.1. The van der Waals surface area contributed by atoms with Crippen molar-refractivity contribution in [1.82, 2.24) is 19.9 Å². The maximum absolute atomic E-state index is 6.58. The number of hydrogen-bond acceptors (Lipinski definition) is 6. The summed E-state index contributed by atoms with van der Waals surface area (Å²) in [5.41, 5.74) is 11.6. The van der Waals surface area contributed by atoms with Crippen LogP contribution in [0.15, 0.2) is 191 Å². The van der Waals surface area contributed by atoms with Crippen LogP contribution in [0.3, 0.4) is 0 Å². The fourth-order valence-electron chi connectivity index (χ4n) is 7.78. The Morgan fingerprint density at radius 1 is 0.321 bits per heavy atom. The first-order valence-corrected chi connectivity index (χ1v) is 18.5. The maximum atomic E-state index is 6.58. The van der Waals surface area contributed by atoms with Crippen molar-refractivity contribution in [2.24, 2.45) is 0 Å². The van der Waals surface area contributed by atoms with E-state index in [1.807, 2.05) is 103 Å². The molecule has 0 aliphatic rings. The van der Waals surface area contributed by atoms with Crippen LogP contribution in [0.5, 0.6) is 0 Å². The largest absolute Gasteiger partial charge is 0.455 e. The van der Waals surface area contributed by atoms with Gasteiger partial charge in [0.05, 0.1) is 5.69 Å². The molecule has 0 atom stereocenters. The van der Waals surface area contributed by atoms with Gasteiger partial charge in [-0.25, -0.2) is 15.0 Å². The van der Waals surface area contributed by atoms with Gasteiger partial charge in [0.2, 0.25) is 0 Å². The number of aromatic nitrogens is 4. The summed E-state index contributed by atoms with van der Waals surface area (Å²) in [6.45, 7) is 0. The lowest BCUT2D eigenvalue weighted by Crippen LogP contribution is -2.01. The summed E-state index contributed by atoms with van der Waals surface area (Å²) in [4.78, 5) is 20.2. The lowest BCUT2D eigenvalue weighted by atomic mass is 9.94. The van der Waals surface area contributed by atoms with E-state index in [0.717, 1.165) is 94.1 Å². The summed E-state index contributed by atoms with van der Waals surface area (Å²) in [6, 6.07) is 59.6. The van der Waals surface area contributed by atoms with Crippen LogP contribution in [-0.2, 0) is 0 Å². The fraction of sp³-hybridized carbons (Fsp3) is 0. The second kappa shape index (κ2) is 13.0. The summed E-state index contributed by atoms with van der Waals surface area (Å²) in [6.07, 6.45) is 1.80. The van der Waals surface area contributed by atoms with E-state index in [1.54, 1.807) is 6.20 Å². The second-order valence-corrected chi connectivity index (χ2v) is 13.8. The van der Waals surface area contributed by atoms with Gasteiger partial charge in [-0.1, -0.05) is 133 Å². The van der Waals surface area contributed by atoms with Crippen LogP contribution >= 0.6 is 0 Å². The molecule has 7 aromatic carbocycles. The van der Waals surface area contributed by atoms with Gasteiger partial charge in [-0.05, 0) is 53.6 Å². The van der Waals surface area contributed by atoms with Gasteiger partial charge >= 0.3 is 0 Å². The summed E-state index contributed by atoms with van der Waals surface area (Å²) in [5.74, 6) is 1.68. The van der Waals surface area contributed by atoms with Crippen LogP contribution in [0, 0.1) is 0 Å². The first-order chi connectivity index (χ1) is 27.7. The molecule has 262 valence electrons. The molecule has 11 rings (SSSR count). The Bertz CT molecular complexity index is 3130. The summed E-state index contributed by atoms with van der Waals surface area (Å²) in [5, 5.41) is 4.27. The fourth-order valence-corrected chi connectivity index (χ4v) is 7.78. The topological polar surface area (TPSA) is 77.8 Å². The maximum Gasteiger partial charge on any atom is 0.164 e. The third-order valence-electron chi connectivity index (χ3n) is 10.4. The quantitative estimate of drug-likeness (QED) is 0.170. The summed E-state index contributed by atoms with van der Waals surface area (Å²) in [7, 11) is 0. The van der Waals surface area contributed by atoms with Crippen molar-refractivity contribution in [1.29, 1.82) is 0 Å². The molecule has 0 unspecified atom stereocenters. The standard InChI is InChI=1S/C50H30N4O2/c1-2-14-31(15-3-1)48-52-49(54-50(53-48)42-19-5-4-16-37(42)43-24-10-11-27-51-43)34-29-32(35-20-12-22-40-38-17-6-8-25-44(38)55-46(35)40)28-33(30-34)36-21-13-23-41-39-18-7-9-26-45(39)56-47(36)41/h1-30H. The highest BCUT2D eigenvalue weighted by atomic mass is 16.3. The number of fused-ring (bicyclic) bond motifs is 6. The molecule has 11 aromatic rings. The van der Waals surface area contributed by atoms with Crippen LogP contribution in [-0.4, -0.2) is 19.9 Å². The molecule has 6 nitrogen and oxygen atoms in total. The molecule has 0 amide bonds. The van der Waals surface area contributed by atoms with Crippen LogP contribution in [0.4, 0.5) is 0 Å². The van der Waals surface area contributed by atoms with E-state index in [-0.39, 0.29) is 0 Å². The number of rotatable bonds is 6. The Kier molecular flexibility index (Phi) is 7.38. The van der Waals surface area contributed by atoms with Gasteiger partial charge in [-0.15, -0.1) is 0 Å². The van der Waals surface area contributed by atoms with Crippen LogP contribution in [0.2, 0.25) is 0 Å². The smallest absolute Gasteiger partial charge is 0.164 e. The minimum Gasteiger partial charge on any atom is -0.455 e. The van der Waals surface area contributed by atoms with Gasteiger partial charge in [0.15, 0.2) is 17.5 Å². The minimum absolute atomic E-state index is 0.543. The van der Waals surface area contributed by atoms with E-state index in [1.165, 1.54) is 0 Å². The number of benzene rings is 7. The molecule has 0 saturated heterocycles. The molecule has 0 N–H and O–H groups in total. The number of para-hydroxylation sites is 4. The summed E-state index contributed by atoms with van der Waals surface area (Å²) >= 11 is 0. The first-order valence-electron chi connectivity index (χ1n) is 18.5. The highest BCUT2D eigenvalue weighted by Crippen LogP contribution is 2.42. The molecular weight excluding hydrogens is 689 g/mol. The van der Waals surface area contributed by atoms with E-state index >= 15 is 0 Å². The Morgan fingerprint density at radius 2 is 0.804 bits per heavy atom. The van der Waals surface area contributed by atoms with Crippen LogP contribution in [0.1, 0.15) is 0 Å². The Balaban J connectivity index is 1.19. The number of pyridine rings is 1. The second-order valence-electron chi connectivity index (χ2n) is 13.8. The van der Waals surface area contributed by atoms with E-state index in [2.05, 4.69) is 77.8 Å². The molecule has 0 bridgehead atoms. The first kappa shape index (κ1) is 31.8. The molecule has 0 fully saturated rings. The normalized spacial score (nSPS) is 11.6. The number of hydrogen-bond donors (Lipinski definition) is 0. The molecule has 0 radical (unpaired) electrons. The van der Waals surface area contributed by atoms with Crippen LogP contribution < -0.4 is 0 Å². The Hall–Kier alpha value is -7.70. The number of furan rings is 2. The monoisotopic (exact) mass is 718 g/mol. The van der Waals surface area contributed by atoms with Gasteiger partial charge in [-0.2, -0.15) is 0 Å². The van der Waals surface area contributed by atoms with Crippen molar-refractivity contribution in [3.63, 3.8) is 0 Å². The molecular formula is C50H30N4O2. The number of nitrogens with zero attached hydrogens (tertiary/aromatic N) is 4. The average molecular weight is 719 g/mol. The molecule has 0 saturated carbocycles. The van der Waals surface area contributed by atoms with Crippen LogP contribution in [0.25, 0.3) is 112 Å². The molecule has 6 heteroatoms. The SMILES string of the molecule is c1ccc(-c2nc(-c3cc(-c4cccc5c4oc4ccccc45)cc(-c4cccc5c4oc4ccccc45)c3)nc(-c3ccccc3-c3ccccn3)n2)cc1. The molecule has 4 heterocycles. The average Bonchev–Trinajstić information content (AvgIpc) is 3.85. The summed E-state index contributed by atoms with van der Waals surface area (Å²) < 4.78 is 13.2. The van der Waals surface area contributed by atoms with E-state index in [9.17, 15) is 0 Å². The molecule has 0 aliphatic carbocycles. The highest BCUT2D eigenvalue weighted by Gasteiger charge is 2.20. The zero-order valence-electron chi connectivity index (χ0n) is 29.9. The van der Waals surface area contributed by atoms with Crippen molar-refractivity contribution in [2.45, 2.75) is 0 Å². The van der Waals surface area contributed by atoms with Gasteiger partial charge < -0.3 is 8.83 Å². The van der Waals surface area contributed by atoms with Crippen molar-refractivity contribution >= 4 is 43.9 Å². The Morgan fingerprint density at radius 3 is 1.43 bits per heavy atom.